The molecule has 0 amide bonds. The van der Waals surface area contributed by atoms with Crippen molar-refractivity contribution in [2.45, 2.75) is 55.3 Å². The molecule has 2 heterocycles. The summed E-state index contributed by atoms with van der Waals surface area (Å²) in [6.07, 6.45) is -13.3. The van der Waals surface area contributed by atoms with Gasteiger partial charge in [0.2, 0.25) is 0 Å². The van der Waals surface area contributed by atoms with Crippen molar-refractivity contribution in [3.63, 3.8) is 0 Å². The van der Waals surface area contributed by atoms with Crippen LogP contribution in [0.15, 0.2) is 0 Å². The van der Waals surface area contributed by atoms with Crippen molar-refractivity contribution >= 4 is 0 Å². The number of aliphatic hydroxyl groups excluding tert-OH is 7. The molecule has 0 radical (unpaired) electrons. The minimum absolute atomic E-state index is 0.315. The summed E-state index contributed by atoms with van der Waals surface area (Å²) in [6, 6.07) is 0. The van der Waals surface area contributed by atoms with Gasteiger partial charge >= 0.3 is 0 Å². The van der Waals surface area contributed by atoms with Gasteiger partial charge in [-0.25, -0.2) is 0 Å². The van der Waals surface area contributed by atoms with Crippen molar-refractivity contribution in [3.8, 4) is 0 Å². The molecule has 0 bridgehead atoms. The predicted octanol–water partition coefficient (Wildman–Crippen LogP) is -4.76. The summed E-state index contributed by atoms with van der Waals surface area (Å²) in [5, 5.41) is 66.8. The number of hydrogen-bond acceptors (Lipinski definition) is 10. The van der Waals surface area contributed by atoms with Gasteiger partial charge in [0.1, 0.15) is 42.7 Å². The number of ether oxygens (including phenoxy) is 3. The van der Waals surface area contributed by atoms with E-state index in [1.54, 1.807) is 0 Å². The molecule has 124 valence electrons. The Morgan fingerprint density at radius 3 is 2.19 bits per heavy atom. The molecule has 10 nitrogen and oxygen atoms in total. The summed E-state index contributed by atoms with van der Waals surface area (Å²) in [4.78, 5) is 0. The van der Waals surface area contributed by atoms with E-state index >= 15 is 0 Å². The monoisotopic (exact) mass is 312 g/mol. The van der Waals surface area contributed by atoms with Crippen LogP contribution in [0.4, 0.5) is 0 Å². The smallest absolute Gasteiger partial charge is 0.186 e. The molecule has 0 aromatic heterocycles. The molecule has 0 aliphatic carbocycles. The van der Waals surface area contributed by atoms with Gasteiger partial charge in [0, 0.05) is 0 Å². The van der Waals surface area contributed by atoms with Crippen LogP contribution in [0.3, 0.4) is 0 Å². The van der Waals surface area contributed by atoms with E-state index in [1.807, 2.05) is 0 Å². The average molecular weight is 312 g/mol. The Morgan fingerprint density at radius 2 is 1.57 bits per heavy atom. The zero-order valence-electron chi connectivity index (χ0n) is 11.0. The molecule has 9 atom stereocenters. The lowest BCUT2D eigenvalue weighted by Crippen LogP contribution is -2.62. The van der Waals surface area contributed by atoms with E-state index in [0.29, 0.717) is 0 Å². The third-order valence-corrected chi connectivity index (χ3v) is 3.59. The fourth-order valence-electron chi connectivity index (χ4n) is 2.28. The van der Waals surface area contributed by atoms with Crippen molar-refractivity contribution in [1.29, 1.82) is 0 Å². The van der Waals surface area contributed by atoms with Crippen LogP contribution in [0.1, 0.15) is 0 Å². The summed E-state index contributed by atoms with van der Waals surface area (Å²) in [6.45, 7) is -0.940. The summed E-state index contributed by atoms with van der Waals surface area (Å²) < 4.78 is 15.0. The minimum atomic E-state index is -1.70. The Kier molecular flexibility index (Phi) is 5.48. The molecule has 7 N–H and O–H groups in total. The Balaban J connectivity index is 2.05. The summed E-state index contributed by atoms with van der Waals surface area (Å²) in [5.74, 6) is 0. The average Bonchev–Trinajstić information content (AvgIpc) is 2.47. The Labute approximate surface area is 119 Å². The van der Waals surface area contributed by atoms with Crippen LogP contribution < -0.4 is 0 Å². The molecule has 2 aliphatic rings. The normalized spacial score (nSPS) is 51.9. The lowest BCUT2D eigenvalue weighted by molar-refractivity contribution is -0.343. The minimum Gasteiger partial charge on any atom is -0.394 e. The number of aliphatic hydroxyl groups is 7. The van der Waals surface area contributed by atoms with Crippen molar-refractivity contribution in [3.05, 3.63) is 0 Å². The van der Waals surface area contributed by atoms with Gasteiger partial charge in [-0.05, 0) is 0 Å². The van der Waals surface area contributed by atoms with Gasteiger partial charge in [-0.1, -0.05) is 0 Å². The lowest BCUT2D eigenvalue weighted by Gasteiger charge is -2.43. The molecule has 21 heavy (non-hydrogen) atoms. The van der Waals surface area contributed by atoms with Crippen LogP contribution in [-0.4, -0.2) is 104 Å². The highest BCUT2D eigenvalue weighted by atomic mass is 16.7. The second kappa shape index (κ2) is 6.79. The molecule has 2 aliphatic heterocycles. The first-order valence-corrected chi connectivity index (χ1v) is 6.48. The van der Waals surface area contributed by atoms with Crippen molar-refractivity contribution in [1.82, 2.24) is 0 Å². The number of rotatable bonds is 3. The van der Waals surface area contributed by atoms with E-state index in [2.05, 4.69) is 0 Å². The Morgan fingerprint density at radius 1 is 0.905 bits per heavy atom. The van der Waals surface area contributed by atoms with Crippen LogP contribution >= 0.6 is 0 Å². The second-order valence-corrected chi connectivity index (χ2v) is 5.08. The fourth-order valence-corrected chi connectivity index (χ4v) is 2.28. The Bertz CT molecular complexity index is 341. The van der Waals surface area contributed by atoms with Gasteiger partial charge in [0.05, 0.1) is 13.2 Å². The molecular weight excluding hydrogens is 292 g/mol. The largest absolute Gasteiger partial charge is 0.394 e. The third-order valence-electron chi connectivity index (χ3n) is 3.59. The molecule has 2 rings (SSSR count). The zero-order valence-corrected chi connectivity index (χ0v) is 11.0. The fraction of sp³-hybridized carbons (Fsp3) is 1.00. The summed E-state index contributed by atoms with van der Waals surface area (Å²) in [5.41, 5.74) is 0. The first kappa shape index (κ1) is 17.0. The molecule has 10 heteroatoms. The molecule has 2 fully saturated rings. The maximum absolute atomic E-state index is 9.92. The van der Waals surface area contributed by atoms with Gasteiger partial charge in [0.25, 0.3) is 0 Å². The maximum atomic E-state index is 9.92. The standard InChI is InChI=1S/C11H20O10/c12-1-4-6(15)9(8(17)10(18)20-4)21-11-7(16)5(14)3(13)2-19-11/h3-18H,1-2H2/t3-,4+,5-,6-,7+,8+,9-,10?,11+/m0/s1. The van der Waals surface area contributed by atoms with Crippen molar-refractivity contribution in [2.75, 3.05) is 13.2 Å². The SMILES string of the molecule is OC[C@H]1OC(O)[C@H](O)[C@@H](O[C@H]2OC[C@H](O)[C@H](O)[C@H]2O)[C@H]1O. The molecule has 0 saturated carbocycles. The van der Waals surface area contributed by atoms with E-state index in [9.17, 15) is 30.6 Å². The summed E-state index contributed by atoms with van der Waals surface area (Å²) >= 11 is 0. The van der Waals surface area contributed by atoms with Crippen molar-refractivity contribution < 1.29 is 50.0 Å². The van der Waals surface area contributed by atoms with Gasteiger partial charge in [-0.3, -0.25) is 0 Å². The van der Waals surface area contributed by atoms with Crippen molar-refractivity contribution in [2.24, 2.45) is 0 Å². The van der Waals surface area contributed by atoms with E-state index in [0.717, 1.165) is 0 Å². The van der Waals surface area contributed by atoms with Gasteiger partial charge in [-0.2, -0.15) is 0 Å². The molecule has 2 saturated heterocycles. The second-order valence-electron chi connectivity index (χ2n) is 5.08. The highest BCUT2D eigenvalue weighted by molar-refractivity contribution is 4.91. The highest BCUT2D eigenvalue weighted by Crippen LogP contribution is 2.26. The molecule has 0 spiro atoms. The predicted molar refractivity (Wildman–Crippen MR) is 62.6 cm³/mol. The van der Waals surface area contributed by atoms with Crippen LogP contribution in [0.5, 0.6) is 0 Å². The first-order chi connectivity index (χ1) is 9.86. The van der Waals surface area contributed by atoms with E-state index in [1.165, 1.54) is 0 Å². The lowest BCUT2D eigenvalue weighted by atomic mass is 9.98. The first-order valence-electron chi connectivity index (χ1n) is 6.48. The zero-order chi connectivity index (χ0) is 15.7. The topological polar surface area (TPSA) is 169 Å². The van der Waals surface area contributed by atoms with Gasteiger partial charge in [0.15, 0.2) is 12.6 Å². The van der Waals surface area contributed by atoms with E-state index < -0.39 is 61.9 Å². The van der Waals surface area contributed by atoms with E-state index in [-0.39, 0.29) is 6.61 Å². The van der Waals surface area contributed by atoms with Gasteiger partial charge < -0.3 is 50.0 Å². The molecule has 0 aromatic carbocycles. The maximum Gasteiger partial charge on any atom is 0.186 e. The molecule has 1 unspecified atom stereocenters. The van der Waals surface area contributed by atoms with Crippen LogP contribution in [-0.2, 0) is 14.2 Å². The van der Waals surface area contributed by atoms with Crippen LogP contribution in [0.25, 0.3) is 0 Å². The quantitative estimate of drug-likeness (QED) is 0.268. The van der Waals surface area contributed by atoms with Gasteiger partial charge in [-0.15, -0.1) is 0 Å². The summed E-state index contributed by atoms with van der Waals surface area (Å²) in [7, 11) is 0. The molecular formula is C11H20O10. The number of hydrogen-bond donors (Lipinski definition) is 7. The molecule has 0 aromatic rings. The third kappa shape index (κ3) is 3.35. The van der Waals surface area contributed by atoms with Crippen LogP contribution in [0, 0.1) is 0 Å². The van der Waals surface area contributed by atoms with Crippen LogP contribution in [0.2, 0.25) is 0 Å². The highest BCUT2D eigenvalue weighted by Gasteiger charge is 2.48. The Hall–Kier alpha value is -0.400. The van der Waals surface area contributed by atoms with E-state index in [4.69, 9.17) is 19.3 Å².